The first-order chi connectivity index (χ1) is 6.93. The van der Waals surface area contributed by atoms with E-state index in [1.54, 1.807) is 0 Å². The summed E-state index contributed by atoms with van der Waals surface area (Å²) in [5.74, 6) is 2.41. The van der Waals surface area contributed by atoms with Gasteiger partial charge in [-0.25, -0.2) is 0 Å². The smallest absolute Gasteiger partial charge is 0.136 e. The van der Waals surface area contributed by atoms with Gasteiger partial charge in [-0.1, -0.05) is 54.4 Å². The molecule has 0 bridgehead atoms. The first kappa shape index (κ1) is 14.7. The van der Waals surface area contributed by atoms with Crippen molar-refractivity contribution in [1.29, 1.82) is 0 Å². The fraction of sp³-hybridized carbons (Fsp3) is 0.929. The van der Waals surface area contributed by atoms with Crippen molar-refractivity contribution in [3.8, 4) is 0 Å². The molecule has 0 aliphatic heterocycles. The Morgan fingerprint density at radius 2 is 1.47 bits per heavy atom. The van der Waals surface area contributed by atoms with Gasteiger partial charge in [0.1, 0.15) is 5.78 Å². The molecule has 0 spiro atoms. The molecule has 0 amide bonds. The van der Waals surface area contributed by atoms with E-state index in [0.717, 1.165) is 6.42 Å². The van der Waals surface area contributed by atoms with Crippen LogP contribution in [0.3, 0.4) is 0 Å². The molecule has 0 radical (unpaired) electrons. The monoisotopic (exact) mass is 212 g/mol. The van der Waals surface area contributed by atoms with E-state index in [1.165, 1.54) is 12.8 Å². The Balaban J connectivity index is 4.29. The third-order valence-corrected chi connectivity index (χ3v) is 3.70. The maximum absolute atomic E-state index is 11.9. The first-order valence-electron chi connectivity index (χ1n) is 6.46. The van der Waals surface area contributed by atoms with E-state index < -0.39 is 0 Å². The van der Waals surface area contributed by atoms with Crippen molar-refractivity contribution in [1.82, 2.24) is 0 Å². The molecule has 15 heavy (non-hydrogen) atoms. The minimum Gasteiger partial charge on any atom is -0.299 e. The summed E-state index contributed by atoms with van der Waals surface area (Å²) < 4.78 is 0. The lowest BCUT2D eigenvalue weighted by atomic mass is 9.78. The van der Waals surface area contributed by atoms with E-state index in [4.69, 9.17) is 0 Å². The van der Waals surface area contributed by atoms with Gasteiger partial charge in [-0.15, -0.1) is 0 Å². The van der Waals surface area contributed by atoms with Gasteiger partial charge in [0.25, 0.3) is 0 Å². The Hall–Kier alpha value is -0.330. The van der Waals surface area contributed by atoms with Crippen LogP contribution in [0.5, 0.6) is 0 Å². The van der Waals surface area contributed by atoms with Gasteiger partial charge in [0, 0.05) is 12.3 Å². The number of hydrogen-bond acceptors (Lipinski definition) is 1. The van der Waals surface area contributed by atoms with Crippen LogP contribution in [0, 0.1) is 23.7 Å². The van der Waals surface area contributed by atoms with Gasteiger partial charge in [-0.3, -0.25) is 4.79 Å². The van der Waals surface area contributed by atoms with Crippen LogP contribution in [-0.2, 0) is 4.79 Å². The molecule has 0 fully saturated rings. The van der Waals surface area contributed by atoms with Gasteiger partial charge < -0.3 is 0 Å². The molecule has 0 N–H and O–H groups in total. The molecule has 0 saturated carbocycles. The van der Waals surface area contributed by atoms with Crippen molar-refractivity contribution in [3.63, 3.8) is 0 Å². The minimum atomic E-state index is 0.234. The fourth-order valence-electron chi connectivity index (χ4n) is 2.32. The Morgan fingerprint density at radius 1 is 1.00 bits per heavy atom. The van der Waals surface area contributed by atoms with Gasteiger partial charge in [0.15, 0.2) is 0 Å². The number of carbonyl (C=O) groups excluding carboxylic acids is 1. The molecule has 1 nitrogen and oxygen atoms in total. The molecular weight excluding hydrogens is 184 g/mol. The zero-order valence-corrected chi connectivity index (χ0v) is 11.3. The van der Waals surface area contributed by atoms with Crippen molar-refractivity contribution in [2.45, 2.75) is 60.8 Å². The van der Waals surface area contributed by atoms with Crippen LogP contribution >= 0.6 is 0 Å². The SMILES string of the molecule is CCC(CC)C(C)C(C)C(=O)CC(C)C. The van der Waals surface area contributed by atoms with E-state index in [-0.39, 0.29) is 5.92 Å². The van der Waals surface area contributed by atoms with Crippen LogP contribution < -0.4 is 0 Å². The summed E-state index contributed by atoms with van der Waals surface area (Å²) in [5, 5.41) is 0. The molecule has 0 aromatic carbocycles. The number of rotatable bonds is 7. The third kappa shape index (κ3) is 4.81. The number of ketones is 1. The summed E-state index contributed by atoms with van der Waals surface area (Å²) in [5.41, 5.74) is 0. The highest BCUT2D eigenvalue weighted by Crippen LogP contribution is 2.28. The summed E-state index contributed by atoms with van der Waals surface area (Å²) in [6.07, 6.45) is 3.12. The van der Waals surface area contributed by atoms with Crippen LogP contribution in [0.1, 0.15) is 60.8 Å². The third-order valence-electron chi connectivity index (χ3n) is 3.70. The molecule has 0 heterocycles. The van der Waals surface area contributed by atoms with Gasteiger partial charge in [-0.2, -0.15) is 0 Å². The molecular formula is C14H28O. The molecule has 0 aromatic rings. The molecule has 2 atom stereocenters. The van der Waals surface area contributed by atoms with Crippen LogP contribution in [-0.4, -0.2) is 5.78 Å². The van der Waals surface area contributed by atoms with Crippen LogP contribution in [0.15, 0.2) is 0 Å². The fourth-order valence-corrected chi connectivity index (χ4v) is 2.32. The normalized spacial score (nSPS) is 15.7. The zero-order valence-electron chi connectivity index (χ0n) is 11.3. The zero-order chi connectivity index (χ0) is 12.0. The lowest BCUT2D eigenvalue weighted by molar-refractivity contribution is -0.125. The van der Waals surface area contributed by atoms with Gasteiger partial charge in [0.2, 0.25) is 0 Å². The molecule has 2 unspecified atom stereocenters. The predicted molar refractivity (Wildman–Crippen MR) is 66.9 cm³/mol. The highest BCUT2D eigenvalue weighted by Gasteiger charge is 2.25. The minimum absolute atomic E-state index is 0.234. The second kappa shape index (κ2) is 7.03. The molecule has 0 aliphatic carbocycles. The molecule has 0 saturated heterocycles. The summed E-state index contributed by atoms with van der Waals surface area (Å²) >= 11 is 0. The quantitative estimate of drug-likeness (QED) is 0.614. The number of carbonyl (C=O) groups is 1. The van der Waals surface area contributed by atoms with E-state index >= 15 is 0 Å². The Morgan fingerprint density at radius 3 is 1.80 bits per heavy atom. The second-order valence-corrected chi connectivity index (χ2v) is 5.29. The summed E-state index contributed by atoms with van der Waals surface area (Å²) in [4.78, 5) is 11.9. The molecule has 1 heteroatoms. The van der Waals surface area contributed by atoms with E-state index in [9.17, 15) is 4.79 Å². The Bertz CT molecular complexity index is 180. The van der Waals surface area contributed by atoms with Crippen LogP contribution in [0.25, 0.3) is 0 Å². The van der Waals surface area contributed by atoms with Crippen molar-refractivity contribution >= 4 is 5.78 Å². The van der Waals surface area contributed by atoms with E-state index in [2.05, 4.69) is 41.5 Å². The topological polar surface area (TPSA) is 17.1 Å². The predicted octanol–water partition coefficient (Wildman–Crippen LogP) is 4.31. The average molecular weight is 212 g/mol. The van der Waals surface area contributed by atoms with Gasteiger partial charge in [0.05, 0.1) is 0 Å². The molecule has 90 valence electrons. The molecule has 0 aliphatic rings. The van der Waals surface area contributed by atoms with E-state index in [0.29, 0.717) is 23.5 Å². The lowest BCUT2D eigenvalue weighted by Gasteiger charge is -2.26. The maximum atomic E-state index is 11.9. The Kier molecular flexibility index (Phi) is 6.87. The van der Waals surface area contributed by atoms with E-state index in [1.807, 2.05) is 0 Å². The highest BCUT2D eigenvalue weighted by molar-refractivity contribution is 5.81. The van der Waals surface area contributed by atoms with Crippen molar-refractivity contribution in [2.75, 3.05) is 0 Å². The first-order valence-corrected chi connectivity index (χ1v) is 6.46. The van der Waals surface area contributed by atoms with Crippen LogP contribution in [0.4, 0.5) is 0 Å². The lowest BCUT2D eigenvalue weighted by Crippen LogP contribution is -2.25. The highest BCUT2D eigenvalue weighted by atomic mass is 16.1. The van der Waals surface area contributed by atoms with Gasteiger partial charge in [-0.05, 0) is 17.8 Å². The number of Topliss-reactive ketones (excluding diaryl/α,β-unsaturated/α-hetero) is 1. The summed E-state index contributed by atoms with van der Waals surface area (Å²) in [7, 11) is 0. The number of hydrogen-bond donors (Lipinski definition) is 0. The Labute approximate surface area is 95.6 Å². The molecule has 0 aromatic heterocycles. The summed E-state index contributed by atoms with van der Waals surface area (Å²) in [6, 6.07) is 0. The average Bonchev–Trinajstić information content (AvgIpc) is 2.17. The standard InChI is InChI=1S/C14H28O/c1-7-13(8-2)11(5)12(6)14(15)9-10(3)4/h10-13H,7-9H2,1-6H3. The van der Waals surface area contributed by atoms with Crippen molar-refractivity contribution < 1.29 is 4.79 Å². The maximum Gasteiger partial charge on any atom is 0.136 e. The summed E-state index contributed by atoms with van der Waals surface area (Å²) in [6.45, 7) is 13.0. The second-order valence-electron chi connectivity index (χ2n) is 5.29. The van der Waals surface area contributed by atoms with Gasteiger partial charge >= 0.3 is 0 Å². The van der Waals surface area contributed by atoms with Crippen molar-refractivity contribution in [2.24, 2.45) is 23.7 Å². The van der Waals surface area contributed by atoms with Crippen molar-refractivity contribution in [3.05, 3.63) is 0 Å². The molecule has 0 rings (SSSR count). The largest absolute Gasteiger partial charge is 0.299 e. The van der Waals surface area contributed by atoms with Crippen LogP contribution in [0.2, 0.25) is 0 Å².